The zero-order valence-electron chi connectivity index (χ0n) is 6.43. The van der Waals surface area contributed by atoms with Crippen LogP contribution in [0.3, 0.4) is 0 Å². The number of aliphatic imine (C=N–C) groups is 1. The summed E-state index contributed by atoms with van der Waals surface area (Å²) in [4.78, 5) is 3.81. The maximum Gasteiger partial charge on any atom is 0.185 e. The molecule has 0 saturated heterocycles. The van der Waals surface area contributed by atoms with Crippen molar-refractivity contribution in [2.75, 3.05) is 7.05 Å². The van der Waals surface area contributed by atoms with Crippen LogP contribution in [0.1, 0.15) is 20.8 Å². The monoisotopic (exact) mass is 127 g/mol. The Morgan fingerprint density at radius 3 is 2.22 bits per heavy atom. The third kappa shape index (κ3) is 5.07. The average molecular weight is 127 g/mol. The zero-order chi connectivity index (χ0) is 7.28. The lowest BCUT2D eigenvalue weighted by Gasteiger charge is -1.95. The number of allylic oxidation sites excluding steroid dienone is 1. The van der Waals surface area contributed by atoms with Crippen LogP contribution in [0, 0.1) is 0 Å². The molecular formula is C7H13NO. The molecule has 0 saturated carbocycles. The summed E-state index contributed by atoms with van der Waals surface area (Å²) in [6.07, 6.45) is 1.68. The minimum Gasteiger partial charge on any atom is -0.451 e. The largest absolute Gasteiger partial charge is 0.451 e. The van der Waals surface area contributed by atoms with Crippen molar-refractivity contribution < 1.29 is 4.74 Å². The first-order valence-corrected chi connectivity index (χ1v) is 2.90. The normalized spacial score (nSPS) is 10.9. The molecule has 0 unspecified atom stereocenters. The first-order valence-electron chi connectivity index (χ1n) is 2.90. The fraction of sp³-hybridized carbons (Fsp3) is 0.571. The Morgan fingerprint density at radius 1 is 1.33 bits per heavy atom. The lowest BCUT2D eigenvalue weighted by Crippen LogP contribution is -1.91. The van der Waals surface area contributed by atoms with Gasteiger partial charge in [0.25, 0.3) is 0 Å². The topological polar surface area (TPSA) is 21.6 Å². The van der Waals surface area contributed by atoms with E-state index in [2.05, 4.69) is 4.99 Å². The predicted octanol–water partition coefficient (Wildman–Crippen LogP) is 1.97. The molecule has 0 aliphatic rings. The highest BCUT2D eigenvalue weighted by atomic mass is 16.5. The van der Waals surface area contributed by atoms with E-state index in [9.17, 15) is 0 Å². The first-order chi connectivity index (χ1) is 4.16. The van der Waals surface area contributed by atoms with Crippen LogP contribution in [0.25, 0.3) is 0 Å². The van der Waals surface area contributed by atoms with Crippen molar-refractivity contribution in [3.05, 3.63) is 11.8 Å². The van der Waals surface area contributed by atoms with Crippen molar-refractivity contribution in [2.45, 2.75) is 20.8 Å². The van der Waals surface area contributed by atoms with Crippen LogP contribution in [0.15, 0.2) is 16.8 Å². The number of hydrogen-bond acceptors (Lipinski definition) is 2. The summed E-state index contributed by atoms with van der Waals surface area (Å²) < 4.78 is 5.04. The Balaban J connectivity index is 3.64. The molecule has 0 atom stereocenters. The van der Waals surface area contributed by atoms with Gasteiger partial charge < -0.3 is 4.74 Å². The molecule has 0 fully saturated rings. The molecule has 0 aromatic heterocycles. The van der Waals surface area contributed by atoms with Crippen molar-refractivity contribution >= 4 is 5.90 Å². The van der Waals surface area contributed by atoms with Crippen LogP contribution >= 0.6 is 0 Å². The van der Waals surface area contributed by atoms with E-state index in [0.717, 1.165) is 5.57 Å². The molecule has 0 N–H and O–H groups in total. The smallest absolute Gasteiger partial charge is 0.185 e. The standard InChI is InChI=1S/C7H13NO/c1-6(2)5-9-7(3)8-4/h5H,1-4H3. The van der Waals surface area contributed by atoms with Crippen molar-refractivity contribution in [1.29, 1.82) is 0 Å². The van der Waals surface area contributed by atoms with Crippen LogP contribution in [0.2, 0.25) is 0 Å². The molecule has 0 bridgehead atoms. The van der Waals surface area contributed by atoms with Crippen molar-refractivity contribution in [3.63, 3.8) is 0 Å². The summed E-state index contributed by atoms with van der Waals surface area (Å²) in [5.41, 5.74) is 1.14. The molecule has 0 aliphatic heterocycles. The third-order valence-corrected chi connectivity index (χ3v) is 0.780. The van der Waals surface area contributed by atoms with Gasteiger partial charge in [-0.2, -0.15) is 0 Å². The van der Waals surface area contributed by atoms with Gasteiger partial charge in [-0.05, 0) is 19.4 Å². The maximum atomic E-state index is 5.04. The van der Waals surface area contributed by atoms with Gasteiger partial charge in [-0.15, -0.1) is 0 Å². The molecule has 2 heteroatoms. The summed E-state index contributed by atoms with van der Waals surface area (Å²) >= 11 is 0. The van der Waals surface area contributed by atoms with Crippen LogP contribution in [0.5, 0.6) is 0 Å². The van der Waals surface area contributed by atoms with E-state index in [0.29, 0.717) is 5.90 Å². The lowest BCUT2D eigenvalue weighted by atomic mass is 10.4. The molecule has 0 amide bonds. The van der Waals surface area contributed by atoms with Crippen LogP contribution in [-0.4, -0.2) is 12.9 Å². The highest BCUT2D eigenvalue weighted by Gasteiger charge is 1.82. The molecule has 0 aromatic rings. The first kappa shape index (κ1) is 8.21. The number of hydrogen-bond donors (Lipinski definition) is 0. The van der Waals surface area contributed by atoms with Gasteiger partial charge >= 0.3 is 0 Å². The van der Waals surface area contributed by atoms with Crippen LogP contribution in [0.4, 0.5) is 0 Å². The summed E-state index contributed by atoms with van der Waals surface area (Å²) in [5.74, 6) is 0.691. The van der Waals surface area contributed by atoms with Crippen molar-refractivity contribution in [2.24, 2.45) is 4.99 Å². The van der Waals surface area contributed by atoms with Gasteiger partial charge in [-0.25, -0.2) is 0 Å². The minimum absolute atomic E-state index is 0.691. The Morgan fingerprint density at radius 2 is 1.89 bits per heavy atom. The summed E-state index contributed by atoms with van der Waals surface area (Å²) in [6, 6.07) is 0. The van der Waals surface area contributed by atoms with Gasteiger partial charge in [-0.3, -0.25) is 4.99 Å². The van der Waals surface area contributed by atoms with E-state index in [1.165, 1.54) is 0 Å². The lowest BCUT2D eigenvalue weighted by molar-refractivity contribution is 0.462. The van der Waals surface area contributed by atoms with E-state index in [1.54, 1.807) is 13.3 Å². The van der Waals surface area contributed by atoms with E-state index < -0.39 is 0 Å². The molecule has 52 valence electrons. The average Bonchev–Trinajstić information content (AvgIpc) is 1.83. The van der Waals surface area contributed by atoms with E-state index >= 15 is 0 Å². The highest BCUT2D eigenvalue weighted by molar-refractivity contribution is 5.73. The number of ether oxygens (including phenoxy) is 1. The number of nitrogens with zero attached hydrogens (tertiary/aromatic N) is 1. The van der Waals surface area contributed by atoms with Gasteiger partial charge in [0.1, 0.15) is 0 Å². The van der Waals surface area contributed by atoms with E-state index in [4.69, 9.17) is 4.74 Å². The molecule has 0 heterocycles. The molecular weight excluding hydrogens is 114 g/mol. The van der Waals surface area contributed by atoms with Crippen molar-refractivity contribution in [1.82, 2.24) is 0 Å². The zero-order valence-corrected chi connectivity index (χ0v) is 6.43. The fourth-order valence-corrected chi connectivity index (χ4v) is 0.256. The minimum atomic E-state index is 0.691. The van der Waals surface area contributed by atoms with Gasteiger partial charge in [0.15, 0.2) is 5.90 Å². The van der Waals surface area contributed by atoms with Gasteiger partial charge in [0, 0.05) is 14.0 Å². The molecule has 0 radical (unpaired) electrons. The highest BCUT2D eigenvalue weighted by Crippen LogP contribution is 1.90. The van der Waals surface area contributed by atoms with Gasteiger partial charge in [0.05, 0.1) is 6.26 Å². The Bertz CT molecular complexity index is 132. The SMILES string of the molecule is CN=C(C)OC=C(C)C. The maximum absolute atomic E-state index is 5.04. The van der Waals surface area contributed by atoms with E-state index in [-0.39, 0.29) is 0 Å². The molecule has 9 heavy (non-hydrogen) atoms. The summed E-state index contributed by atoms with van der Waals surface area (Å²) in [6.45, 7) is 5.77. The second kappa shape index (κ2) is 4.13. The van der Waals surface area contributed by atoms with Crippen LogP contribution in [-0.2, 0) is 4.74 Å². The Hall–Kier alpha value is -0.790. The van der Waals surface area contributed by atoms with Gasteiger partial charge in [-0.1, -0.05) is 0 Å². The fourth-order valence-electron chi connectivity index (χ4n) is 0.256. The second-order valence-electron chi connectivity index (χ2n) is 2.06. The van der Waals surface area contributed by atoms with Gasteiger partial charge in [0.2, 0.25) is 0 Å². The molecule has 0 spiro atoms. The molecule has 0 aliphatic carbocycles. The number of rotatable bonds is 1. The predicted molar refractivity (Wildman–Crippen MR) is 39.5 cm³/mol. The van der Waals surface area contributed by atoms with Crippen molar-refractivity contribution in [3.8, 4) is 0 Å². The molecule has 0 rings (SSSR count). The molecule has 0 aromatic carbocycles. The van der Waals surface area contributed by atoms with Crippen LogP contribution < -0.4 is 0 Å². The molecule has 2 nitrogen and oxygen atoms in total. The third-order valence-electron chi connectivity index (χ3n) is 0.780. The summed E-state index contributed by atoms with van der Waals surface area (Å²) in [7, 11) is 1.70. The summed E-state index contributed by atoms with van der Waals surface area (Å²) in [5, 5.41) is 0. The Kier molecular flexibility index (Phi) is 3.76. The van der Waals surface area contributed by atoms with E-state index in [1.807, 2.05) is 20.8 Å². The quantitative estimate of drug-likeness (QED) is 0.300. The Labute approximate surface area is 56.2 Å². The second-order valence-corrected chi connectivity index (χ2v) is 2.06.